The van der Waals surface area contributed by atoms with Gasteiger partial charge in [0.1, 0.15) is 0 Å². The molecule has 0 aromatic heterocycles. The molecule has 5 nitrogen and oxygen atoms in total. The van der Waals surface area contributed by atoms with Crippen LogP contribution in [0.15, 0.2) is 18.2 Å². The first kappa shape index (κ1) is 12.7. The Morgan fingerprint density at radius 2 is 2.26 bits per heavy atom. The Kier molecular flexibility index (Phi) is 3.12. The van der Waals surface area contributed by atoms with Crippen molar-refractivity contribution in [2.24, 2.45) is 17.4 Å². The molecule has 1 saturated heterocycles. The van der Waals surface area contributed by atoms with Gasteiger partial charge in [0.15, 0.2) is 0 Å². The van der Waals surface area contributed by atoms with E-state index in [1.807, 2.05) is 0 Å². The van der Waals surface area contributed by atoms with E-state index >= 15 is 0 Å². The minimum absolute atomic E-state index is 0.00377. The summed E-state index contributed by atoms with van der Waals surface area (Å²) in [6, 6.07) is 4.99. The number of amides is 1. The van der Waals surface area contributed by atoms with Gasteiger partial charge in [-0.15, -0.1) is 0 Å². The Bertz CT molecular complexity index is 523. The van der Waals surface area contributed by atoms with Gasteiger partial charge in [-0.1, -0.05) is 11.6 Å². The summed E-state index contributed by atoms with van der Waals surface area (Å²) in [7, 11) is 0. The summed E-state index contributed by atoms with van der Waals surface area (Å²) >= 11 is 5.96. The average molecular weight is 282 g/mol. The lowest BCUT2D eigenvalue weighted by atomic mass is 9.72. The Morgan fingerprint density at radius 1 is 1.47 bits per heavy atom. The second-order valence-corrected chi connectivity index (χ2v) is 5.53. The van der Waals surface area contributed by atoms with Gasteiger partial charge in [0.05, 0.1) is 17.7 Å². The molecule has 102 valence electrons. The number of primary amides is 1. The minimum Gasteiger partial charge on any atom is -0.377 e. The lowest BCUT2D eigenvalue weighted by Gasteiger charge is -2.46. The predicted molar refractivity (Wildman–Crippen MR) is 73.2 cm³/mol. The molecule has 1 aromatic carbocycles. The summed E-state index contributed by atoms with van der Waals surface area (Å²) in [5, 5.41) is 3.80. The van der Waals surface area contributed by atoms with Gasteiger partial charge in [-0.05, 0) is 24.6 Å². The number of nitrogens with one attached hydrogen (secondary N) is 1. The van der Waals surface area contributed by atoms with Crippen molar-refractivity contribution in [3.8, 4) is 0 Å². The molecule has 4 atom stereocenters. The number of rotatable bonds is 3. The molecule has 1 saturated carbocycles. The van der Waals surface area contributed by atoms with Crippen LogP contribution in [-0.4, -0.2) is 30.7 Å². The van der Waals surface area contributed by atoms with Gasteiger partial charge >= 0.3 is 0 Å². The molecule has 1 heterocycles. The summed E-state index contributed by atoms with van der Waals surface area (Å²) < 4.78 is 5.65. The molecule has 5 N–H and O–H groups in total. The van der Waals surface area contributed by atoms with E-state index in [0.29, 0.717) is 22.2 Å². The second-order valence-electron chi connectivity index (χ2n) is 5.09. The molecule has 2 aliphatic rings. The molecule has 0 bridgehead atoms. The third-order valence-corrected chi connectivity index (χ3v) is 4.25. The first-order valence-corrected chi connectivity index (χ1v) is 6.69. The van der Waals surface area contributed by atoms with Gasteiger partial charge in [-0.3, -0.25) is 4.79 Å². The van der Waals surface area contributed by atoms with Crippen molar-refractivity contribution in [2.75, 3.05) is 11.9 Å². The maximum atomic E-state index is 11.4. The fraction of sp³-hybridized carbons (Fsp3) is 0.462. The Morgan fingerprint density at radius 3 is 3.00 bits per heavy atom. The van der Waals surface area contributed by atoms with E-state index in [9.17, 15) is 4.79 Å². The first-order valence-electron chi connectivity index (χ1n) is 6.31. The van der Waals surface area contributed by atoms with Crippen molar-refractivity contribution in [3.05, 3.63) is 28.8 Å². The molecule has 1 amide bonds. The number of hydrogen-bond donors (Lipinski definition) is 3. The summed E-state index contributed by atoms with van der Waals surface area (Å²) in [6.45, 7) is 0.749. The molecule has 2 fully saturated rings. The number of fused-ring (bicyclic) bond motifs is 1. The lowest BCUT2D eigenvalue weighted by molar-refractivity contribution is 0.00535. The summed E-state index contributed by atoms with van der Waals surface area (Å²) in [6.07, 6.45) is 1.12. The van der Waals surface area contributed by atoms with E-state index in [4.69, 9.17) is 27.8 Å². The summed E-state index contributed by atoms with van der Waals surface area (Å²) in [5.74, 6) is -0.0790. The topological polar surface area (TPSA) is 90.4 Å². The highest BCUT2D eigenvalue weighted by molar-refractivity contribution is 6.31. The van der Waals surface area contributed by atoms with Crippen LogP contribution in [0.4, 0.5) is 5.69 Å². The molecule has 0 radical (unpaired) electrons. The third-order valence-electron chi connectivity index (χ3n) is 4.02. The van der Waals surface area contributed by atoms with Crippen molar-refractivity contribution < 1.29 is 9.53 Å². The largest absolute Gasteiger partial charge is 0.377 e. The van der Waals surface area contributed by atoms with E-state index in [0.717, 1.165) is 13.0 Å². The number of anilines is 1. The number of nitrogens with two attached hydrogens (primary N) is 2. The standard InChI is InChI=1S/C13H16ClN3O2/c14-6-1-2-7(13(16)18)9(5-6)17-11-10(15)8-3-4-19-12(8)11/h1-2,5,8,10-12,17H,3-4,15H2,(H2,16,18). The Labute approximate surface area is 116 Å². The van der Waals surface area contributed by atoms with Crippen LogP contribution in [0.5, 0.6) is 0 Å². The fourth-order valence-electron chi connectivity index (χ4n) is 2.96. The first-order chi connectivity index (χ1) is 9.08. The predicted octanol–water partition coefficient (Wildman–Crippen LogP) is 0.965. The van der Waals surface area contributed by atoms with E-state index in [1.54, 1.807) is 18.2 Å². The molecule has 19 heavy (non-hydrogen) atoms. The molecule has 1 aromatic rings. The smallest absolute Gasteiger partial charge is 0.250 e. The molecule has 3 rings (SSSR count). The van der Waals surface area contributed by atoms with E-state index in [-0.39, 0.29) is 18.2 Å². The van der Waals surface area contributed by atoms with Gasteiger partial charge in [0.2, 0.25) is 0 Å². The molecule has 1 aliphatic carbocycles. The van der Waals surface area contributed by atoms with Crippen LogP contribution in [0.2, 0.25) is 5.02 Å². The highest BCUT2D eigenvalue weighted by atomic mass is 35.5. The van der Waals surface area contributed by atoms with E-state index < -0.39 is 5.91 Å². The van der Waals surface area contributed by atoms with Gasteiger partial charge < -0.3 is 21.5 Å². The van der Waals surface area contributed by atoms with Crippen LogP contribution in [0, 0.1) is 5.92 Å². The number of benzene rings is 1. The van der Waals surface area contributed by atoms with Crippen molar-refractivity contribution in [1.29, 1.82) is 0 Å². The SMILES string of the molecule is NC(=O)c1ccc(Cl)cc1NC1C(N)C2CCOC21. The number of hydrogen-bond acceptors (Lipinski definition) is 4. The van der Waals surface area contributed by atoms with Crippen LogP contribution < -0.4 is 16.8 Å². The normalized spacial score (nSPS) is 32.5. The van der Waals surface area contributed by atoms with Gasteiger partial charge in [0.25, 0.3) is 5.91 Å². The fourth-order valence-corrected chi connectivity index (χ4v) is 3.13. The number of halogens is 1. The van der Waals surface area contributed by atoms with Gasteiger partial charge in [-0.2, -0.15) is 0 Å². The van der Waals surface area contributed by atoms with Crippen LogP contribution in [0.25, 0.3) is 0 Å². The second kappa shape index (κ2) is 4.67. The number of carbonyl (C=O) groups excluding carboxylic acids is 1. The third kappa shape index (κ3) is 2.08. The Balaban J connectivity index is 1.83. The molecular formula is C13H16ClN3O2. The number of ether oxygens (including phenoxy) is 1. The van der Waals surface area contributed by atoms with Crippen LogP contribution >= 0.6 is 11.6 Å². The summed E-state index contributed by atoms with van der Waals surface area (Å²) in [4.78, 5) is 11.4. The maximum Gasteiger partial charge on any atom is 0.250 e. The van der Waals surface area contributed by atoms with Crippen molar-refractivity contribution in [2.45, 2.75) is 24.6 Å². The highest BCUT2D eigenvalue weighted by Crippen LogP contribution is 2.39. The van der Waals surface area contributed by atoms with E-state index in [2.05, 4.69) is 5.32 Å². The van der Waals surface area contributed by atoms with Crippen LogP contribution in [0.3, 0.4) is 0 Å². The van der Waals surface area contributed by atoms with Crippen LogP contribution in [-0.2, 0) is 4.74 Å². The Hall–Kier alpha value is -1.30. The van der Waals surface area contributed by atoms with Gasteiger partial charge in [-0.25, -0.2) is 0 Å². The maximum absolute atomic E-state index is 11.4. The molecule has 4 unspecified atom stereocenters. The lowest BCUT2D eigenvalue weighted by Crippen LogP contribution is -2.65. The van der Waals surface area contributed by atoms with Crippen molar-refractivity contribution in [1.82, 2.24) is 0 Å². The highest BCUT2D eigenvalue weighted by Gasteiger charge is 2.52. The van der Waals surface area contributed by atoms with Crippen molar-refractivity contribution >= 4 is 23.2 Å². The molecule has 0 spiro atoms. The van der Waals surface area contributed by atoms with E-state index in [1.165, 1.54) is 0 Å². The average Bonchev–Trinajstić information content (AvgIpc) is 2.80. The summed E-state index contributed by atoms with van der Waals surface area (Å²) in [5.41, 5.74) is 12.5. The zero-order valence-corrected chi connectivity index (χ0v) is 11.1. The zero-order chi connectivity index (χ0) is 13.6. The van der Waals surface area contributed by atoms with Crippen molar-refractivity contribution in [3.63, 3.8) is 0 Å². The molecule has 6 heteroatoms. The zero-order valence-electron chi connectivity index (χ0n) is 10.3. The minimum atomic E-state index is -0.490. The number of carbonyl (C=O) groups is 1. The van der Waals surface area contributed by atoms with Crippen LogP contribution in [0.1, 0.15) is 16.8 Å². The quantitative estimate of drug-likeness (QED) is 0.770. The molecular weight excluding hydrogens is 266 g/mol. The van der Waals surface area contributed by atoms with Gasteiger partial charge in [0, 0.05) is 29.3 Å². The monoisotopic (exact) mass is 281 g/mol. The molecule has 1 aliphatic heterocycles.